The molecule has 1 heteroatoms. The predicted molar refractivity (Wildman–Crippen MR) is 63.9 cm³/mol. The van der Waals surface area contributed by atoms with Gasteiger partial charge in [0.05, 0.1) is 6.10 Å². The Bertz CT molecular complexity index is 178. The molecule has 0 spiro atoms. The Morgan fingerprint density at radius 1 is 1.07 bits per heavy atom. The predicted octanol–water partition coefficient (Wildman–Crippen LogP) is 4.16. The zero-order valence-corrected chi connectivity index (χ0v) is 10.2. The number of rotatable bonds is 6. The van der Waals surface area contributed by atoms with Gasteiger partial charge < -0.3 is 4.74 Å². The van der Waals surface area contributed by atoms with E-state index in [4.69, 9.17) is 4.74 Å². The zero-order chi connectivity index (χ0) is 10.5. The van der Waals surface area contributed by atoms with Crippen LogP contribution in [0.25, 0.3) is 0 Å². The van der Waals surface area contributed by atoms with Gasteiger partial charge in [-0.3, -0.25) is 0 Å². The topological polar surface area (TPSA) is 9.23 Å². The fourth-order valence-electron chi connectivity index (χ4n) is 3.37. The summed E-state index contributed by atoms with van der Waals surface area (Å²) < 4.78 is 6.06. The summed E-state index contributed by atoms with van der Waals surface area (Å²) >= 11 is 0. The number of unbranched alkanes of at least 4 members (excludes halogenated alkanes) is 3. The van der Waals surface area contributed by atoms with Crippen LogP contribution in [0.2, 0.25) is 0 Å². The molecule has 2 bridgehead atoms. The van der Waals surface area contributed by atoms with Crippen LogP contribution >= 0.6 is 0 Å². The Labute approximate surface area is 94.6 Å². The number of hydrogen-bond acceptors (Lipinski definition) is 1. The summed E-state index contributed by atoms with van der Waals surface area (Å²) in [6.45, 7) is 3.29. The van der Waals surface area contributed by atoms with Gasteiger partial charge in [-0.1, -0.05) is 39.0 Å². The van der Waals surface area contributed by atoms with E-state index < -0.39 is 0 Å². The molecule has 2 aliphatic rings. The summed E-state index contributed by atoms with van der Waals surface area (Å²) in [6, 6.07) is 0. The van der Waals surface area contributed by atoms with Gasteiger partial charge in [-0.25, -0.2) is 0 Å². The maximum Gasteiger partial charge on any atom is 0.0606 e. The largest absolute Gasteiger partial charge is 0.378 e. The molecule has 0 amide bonds. The first-order valence-electron chi connectivity index (χ1n) is 7.01. The molecule has 0 heterocycles. The average molecular weight is 210 g/mol. The molecule has 3 atom stereocenters. The van der Waals surface area contributed by atoms with Gasteiger partial charge in [-0.05, 0) is 37.5 Å². The molecule has 1 nitrogen and oxygen atoms in total. The Kier molecular flexibility index (Phi) is 4.49. The molecule has 2 rings (SSSR count). The Balaban J connectivity index is 1.59. The molecule has 2 saturated carbocycles. The molecule has 0 saturated heterocycles. The highest BCUT2D eigenvalue weighted by atomic mass is 16.5. The van der Waals surface area contributed by atoms with Crippen LogP contribution in [0.5, 0.6) is 0 Å². The van der Waals surface area contributed by atoms with Crippen molar-refractivity contribution in [2.45, 2.75) is 70.8 Å². The van der Waals surface area contributed by atoms with Crippen LogP contribution in [0, 0.1) is 11.8 Å². The van der Waals surface area contributed by atoms with Crippen molar-refractivity contribution in [2.75, 3.05) is 6.61 Å². The normalized spacial score (nSPS) is 34.6. The minimum Gasteiger partial charge on any atom is -0.378 e. The van der Waals surface area contributed by atoms with Crippen LogP contribution in [-0.2, 0) is 4.74 Å². The minimum atomic E-state index is 0.638. The third-order valence-corrected chi connectivity index (χ3v) is 4.24. The molecule has 0 N–H and O–H groups in total. The molecular weight excluding hydrogens is 184 g/mol. The fourth-order valence-corrected chi connectivity index (χ4v) is 3.37. The third-order valence-electron chi connectivity index (χ3n) is 4.24. The van der Waals surface area contributed by atoms with Gasteiger partial charge >= 0.3 is 0 Å². The van der Waals surface area contributed by atoms with E-state index in [-0.39, 0.29) is 0 Å². The van der Waals surface area contributed by atoms with Crippen molar-refractivity contribution >= 4 is 0 Å². The lowest BCUT2D eigenvalue weighted by Gasteiger charge is -2.21. The van der Waals surface area contributed by atoms with E-state index in [2.05, 4.69) is 6.92 Å². The lowest BCUT2D eigenvalue weighted by atomic mass is 9.89. The van der Waals surface area contributed by atoms with E-state index in [1.165, 1.54) is 57.8 Å². The van der Waals surface area contributed by atoms with Gasteiger partial charge in [-0.2, -0.15) is 0 Å². The Hall–Kier alpha value is -0.0400. The fraction of sp³-hybridized carbons (Fsp3) is 1.00. The SMILES string of the molecule is CCCCCCOC1CC2CCCC1C2. The van der Waals surface area contributed by atoms with Crippen LogP contribution in [0.4, 0.5) is 0 Å². The molecule has 0 radical (unpaired) electrons. The first-order valence-corrected chi connectivity index (χ1v) is 7.01. The van der Waals surface area contributed by atoms with Gasteiger partial charge in [0.25, 0.3) is 0 Å². The summed E-state index contributed by atoms with van der Waals surface area (Å²) in [5.74, 6) is 1.94. The van der Waals surface area contributed by atoms with Gasteiger partial charge in [0.15, 0.2) is 0 Å². The summed E-state index contributed by atoms with van der Waals surface area (Å²) in [6.07, 6.45) is 13.2. The second-order valence-electron chi connectivity index (χ2n) is 5.50. The molecule has 0 aliphatic heterocycles. The molecule has 2 aliphatic carbocycles. The Morgan fingerprint density at radius 2 is 2.00 bits per heavy atom. The van der Waals surface area contributed by atoms with Gasteiger partial charge in [-0.15, -0.1) is 0 Å². The second kappa shape index (κ2) is 5.89. The van der Waals surface area contributed by atoms with Crippen molar-refractivity contribution in [2.24, 2.45) is 11.8 Å². The molecular formula is C14H26O. The second-order valence-corrected chi connectivity index (χ2v) is 5.50. The van der Waals surface area contributed by atoms with Crippen molar-refractivity contribution in [3.8, 4) is 0 Å². The van der Waals surface area contributed by atoms with Crippen LogP contribution in [0.15, 0.2) is 0 Å². The van der Waals surface area contributed by atoms with Gasteiger partial charge in [0.1, 0.15) is 0 Å². The van der Waals surface area contributed by atoms with E-state index >= 15 is 0 Å². The van der Waals surface area contributed by atoms with Crippen molar-refractivity contribution in [1.29, 1.82) is 0 Å². The van der Waals surface area contributed by atoms with Crippen LogP contribution < -0.4 is 0 Å². The third kappa shape index (κ3) is 3.21. The summed E-state index contributed by atoms with van der Waals surface area (Å²) in [7, 11) is 0. The van der Waals surface area contributed by atoms with Crippen molar-refractivity contribution in [3.63, 3.8) is 0 Å². The van der Waals surface area contributed by atoms with Gasteiger partial charge in [0, 0.05) is 6.61 Å². The van der Waals surface area contributed by atoms with Crippen molar-refractivity contribution in [1.82, 2.24) is 0 Å². The lowest BCUT2D eigenvalue weighted by Crippen LogP contribution is -2.18. The summed E-state index contributed by atoms with van der Waals surface area (Å²) in [5, 5.41) is 0. The highest BCUT2D eigenvalue weighted by Crippen LogP contribution is 2.43. The van der Waals surface area contributed by atoms with E-state index in [9.17, 15) is 0 Å². The maximum atomic E-state index is 6.06. The monoisotopic (exact) mass is 210 g/mol. The molecule has 0 aromatic rings. The van der Waals surface area contributed by atoms with Crippen LogP contribution in [0.1, 0.15) is 64.7 Å². The van der Waals surface area contributed by atoms with Crippen LogP contribution in [0.3, 0.4) is 0 Å². The molecule has 15 heavy (non-hydrogen) atoms. The first kappa shape index (κ1) is 11.4. The summed E-state index contributed by atoms with van der Waals surface area (Å²) in [4.78, 5) is 0. The van der Waals surface area contributed by atoms with E-state index in [0.717, 1.165) is 18.4 Å². The number of fused-ring (bicyclic) bond motifs is 2. The van der Waals surface area contributed by atoms with E-state index in [0.29, 0.717) is 6.10 Å². The molecule has 88 valence electrons. The molecule has 3 unspecified atom stereocenters. The van der Waals surface area contributed by atoms with E-state index in [1.807, 2.05) is 0 Å². The number of ether oxygens (including phenoxy) is 1. The Morgan fingerprint density at radius 3 is 2.80 bits per heavy atom. The molecule has 0 aromatic carbocycles. The smallest absolute Gasteiger partial charge is 0.0606 e. The van der Waals surface area contributed by atoms with Gasteiger partial charge in [0.2, 0.25) is 0 Å². The van der Waals surface area contributed by atoms with Crippen molar-refractivity contribution in [3.05, 3.63) is 0 Å². The quantitative estimate of drug-likeness (QED) is 0.598. The standard InChI is InChI=1S/C14H26O/c1-2-3-4-5-9-15-14-11-12-7-6-8-13(14)10-12/h12-14H,2-11H2,1H3. The zero-order valence-electron chi connectivity index (χ0n) is 10.2. The van der Waals surface area contributed by atoms with E-state index in [1.54, 1.807) is 0 Å². The minimum absolute atomic E-state index is 0.638. The number of hydrogen-bond donors (Lipinski definition) is 0. The van der Waals surface area contributed by atoms with Crippen LogP contribution in [-0.4, -0.2) is 12.7 Å². The molecule has 0 aromatic heterocycles. The summed E-state index contributed by atoms with van der Waals surface area (Å²) in [5.41, 5.74) is 0. The lowest BCUT2D eigenvalue weighted by molar-refractivity contribution is 0.0244. The van der Waals surface area contributed by atoms with Crippen molar-refractivity contribution < 1.29 is 4.74 Å². The average Bonchev–Trinajstić information content (AvgIpc) is 2.53. The molecule has 2 fully saturated rings. The first-order chi connectivity index (χ1) is 7.40. The highest BCUT2D eigenvalue weighted by molar-refractivity contribution is 4.88. The maximum absolute atomic E-state index is 6.06. The highest BCUT2D eigenvalue weighted by Gasteiger charge is 2.37.